The van der Waals surface area contributed by atoms with Gasteiger partial charge in [0.1, 0.15) is 123 Å². The molecule has 0 N–H and O–H groups in total. The molecule has 0 atom stereocenters. The van der Waals surface area contributed by atoms with Crippen LogP contribution in [-0.4, -0.2) is 115 Å². The monoisotopic (exact) mass is 1540 g/mol. The van der Waals surface area contributed by atoms with Crippen LogP contribution in [-0.2, 0) is 28.6 Å². The van der Waals surface area contributed by atoms with E-state index in [-0.39, 0.29) is 17.1 Å². The van der Waals surface area contributed by atoms with Gasteiger partial charge in [0.15, 0.2) is 11.5 Å². The van der Waals surface area contributed by atoms with E-state index in [1.165, 1.54) is 66.9 Å². The van der Waals surface area contributed by atoms with Gasteiger partial charge in [0.25, 0.3) is 17.7 Å². The van der Waals surface area contributed by atoms with Crippen molar-refractivity contribution in [3.05, 3.63) is 232 Å². The van der Waals surface area contributed by atoms with Gasteiger partial charge in [-0.1, -0.05) is 48.0 Å². The van der Waals surface area contributed by atoms with Crippen LogP contribution in [0.2, 0.25) is 5.02 Å². The molecular weight excluding hydrogens is 1460 g/mol. The Morgan fingerprint density at radius 3 is 0.936 bits per heavy atom. The first-order valence-electron chi connectivity index (χ1n) is 32.9. The molecule has 0 aromatic heterocycles. The average molecular weight is 1540 g/mol. The van der Waals surface area contributed by atoms with Crippen LogP contribution in [0.3, 0.4) is 0 Å². The summed E-state index contributed by atoms with van der Waals surface area (Å²) in [4.78, 5) is 80.5. The van der Waals surface area contributed by atoms with Crippen molar-refractivity contribution in [1.82, 2.24) is 0 Å². The predicted octanol–water partition coefficient (Wildman–Crippen LogP) is 18.0. The standard InChI is InChI=1S/C28H28F3NO6.C27H26F3NO5.C26H23ClF3NO4/c1-28(2,3)38-24(33)15-32(27(34)25-20(30)13-18(29)14-21(25)31)19-9-7-8-16(10-19)17-11-22(35-4)26(37-6)23(12-17)36-5;1-27(2,3)36-24(32)15-31(26(33)25-21(29)12-17(28)13-22(25)30)18-8-6-7-16(11-18)20-10-9-19(34-4)14-23(20)35-5;1-26(2,3)35-23(32)14-31(25(33)24-21(29)11-16(28)12-22(24)30)17-7-5-6-15(10-17)19-9-8-18(34-4)13-20(19)27/h7-14H,15H2,1-6H3;6-14H,15H2,1-5H3;5-13H,14H2,1-4H3. The number of amides is 3. The summed E-state index contributed by atoms with van der Waals surface area (Å²) in [5, 5.41) is 0.363. The fourth-order valence-corrected chi connectivity index (χ4v) is 11.0. The van der Waals surface area contributed by atoms with Gasteiger partial charge in [-0.2, -0.15) is 0 Å². The summed E-state index contributed by atoms with van der Waals surface area (Å²) in [7, 11) is 8.90. The fourth-order valence-electron chi connectivity index (χ4n) is 10.7. The van der Waals surface area contributed by atoms with Gasteiger partial charge in [0.05, 0.1) is 47.7 Å². The molecule has 0 saturated carbocycles. The molecule has 0 heterocycles. The van der Waals surface area contributed by atoms with Gasteiger partial charge in [0.2, 0.25) is 5.75 Å². The third kappa shape index (κ3) is 22.4. The predicted molar refractivity (Wildman–Crippen MR) is 391 cm³/mol. The van der Waals surface area contributed by atoms with E-state index >= 15 is 0 Å². The maximum atomic E-state index is 14.5. The molecule has 0 aliphatic carbocycles. The van der Waals surface area contributed by atoms with Crippen molar-refractivity contribution in [3.63, 3.8) is 0 Å². The molecular formula is C81H77ClF9N3O15. The van der Waals surface area contributed by atoms with Crippen molar-refractivity contribution in [2.24, 2.45) is 0 Å². The van der Waals surface area contributed by atoms with E-state index < -0.39 is 141 Å². The first-order chi connectivity index (χ1) is 51.2. The second-order valence-electron chi connectivity index (χ2n) is 26.6. The number of hydrogen-bond donors (Lipinski definition) is 0. The summed E-state index contributed by atoms with van der Waals surface area (Å²) in [6.07, 6.45) is 0. The van der Waals surface area contributed by atoms with Gasteiger partial charge >= 0.3 is 17.9 Å². The zero-order valence-corrected chi connectivity index (χ0v) is 62.6. The molecule has 109 heavy (non-hydrogen) atoms. The second kappa shape index (κ2) is 36.2. The van der Waals surface area contributed by atoms with Gasteiger partial charge in [0, 0.05) is 70.7 Å². The van der Waals surface area contributed by atoms with Crippen LogP contribution in [0, 0.1) is 52.4 Å². The van der Waals surface area contributed by atoms with Crippen molar-refractivity contribution < 1.29 is 111 Å². The largest absolute Gasteiger partial charge is 0.497 e. The highest BCUT2D eigenvalue weighted by atomic mass is 35.5. The molecule has 0 aliphatic rings. The van der Waals surface area contributed by atoms with Crippen molar-refractivity contribution in [3.8, 4) is 67.9 Å². The van der Waals surface area contributed by atoms with Gasteiger partial charge in [-0.05, 0) is 163 Å². The Morgan fingerprint density at radius 1 is 0.330 bits per heavy atom. The van der Waals surface area contributed by atoms with Gasteiger partial charge in [-0.25, -0.2) is 39.5 Å². The number of esters is 3. The lowest BCUT2D eigenvalue weighted by molar-refractivity contribution is -0.154. The van der Waals surface area contributed by atoms with Gasteiger partial charge < -0.3 is 42.6 Å². The quantitative estimate of drug-likeness (QED) is 0.0374. The van der Waals surface area contributed by atoms with Crippen LogP contribution >= 0.6 is 11.6 Å². The highest BCUT2D eigenvalue weighted by molar-refractivity contribution is 6.33. The number of halogens is 10. The lowest BCUT2D eigenvalue weighted by Gasteiger charge is -2.26. The number of rotatable bonds is 21. The number of hydrogen-bond acceptors (Lipinski definition) is 15. The number of carbonyl (C=O) groups excluding carboxylic acids is 6. The molecule has 9 aromatic carbocycles. The van der Waals surface area contributed by atoms with Crippen LogP contribution in [0.5, 0.6) is 34.5 Å². The summed E-state index contributed by atoms with van der Waals surface area (Å²) in [6.45, 7) is 12.8. The minimum Gasteiger partial charge on any atom is -0.497 e. The molecule has 0 saturated heterocycles. The minimum atomic E-state index is -1.40. The van der Waals surface area contributed by atoms with E-state index in [1.54, 1.807) is 159 Å². The van der Waals surface area contributed by atoms with Crippen LogP contribution < -0.4 is 43.1 Å². The fraction of sp³-hybridized carbons (Fsp3) is 0.259. The molecule has 18 nitrogen and oxygen atoms in total. The molecule has 0 fully saturated rings. The Hall–Kier alpha value is -11.7. The molecule has 0 spiro atoms. The van der Waals surface area contributed by atoms with E-state index in [1.807, 2.05) is 0 Å². The number of carbonyl (C=O) groups is 6. The molecule has 9 aromatic rings. The molecule has 3 amide bonds. The average Bonchev–Trinajstić information content (AvgIpc) is 0.801. The van der Waals surface area contributed by atoms with Crippen molar-refractivity contribution in [2.45, 2.75) is 79.1 Å². The minimum absolute atomic E-state index is 0.134. The molecule has 9 rings (SSSR count). The summed E-state index contributed by atoms with van der Waals surface area (Å²) < 4.78 is 175. The van der Waals surface area contributed by atoms with E-state index in [0.29, 0.717) is 109 Å². The maximum Gasteiger partial charge on any atom is 0.326 e. The summed E-state index contributed by atoms with van der Waals surface area (Å²) in [5.74, 6) is -15.1. The van der Waals surface area contributed by atoms with Crippen molar-refractivity contribution >= 4 is 64.3 Å². The van der Waals surface area contributed by atoms with Gasteiger partial charge in [-0.3, -0.25) is 43.5 Å². The molecule has 576 valence electrons. The van der Waals surface area contributed by atoms with Crippen LogP contribution in [0.1, 0.15) is 93.4 Å². The number of ether oxygens (including phenoxy) is 9. The first kappa shape index (κ1) is 84.5. The van der Waals surface area contributed by atoms with E-state index in [0.717, 1.165) is 14.7 Å². The maximum absolute atomic E-state index is 14.5. The van der Waals surface area contributed by atoms with Crippen LogP contribution in [0.15, 0.2) is 158 Å². The van der Waals surface area contributed by atoms with Crippen molar-refractivity contribution in [2.75, 3.05) is 77.0 Å². The third-order valence-corrected chi connectivity index (χ3v) is 15.5. The zero-order valence-electron chi connectivity index (χ0n) is 61.9. The topological polar surface area (TPSA) is 195 Å². The molecule has 0 unspecified atom stereocenters. The van der Waals surface area contributed by atoms with Crippen LogP contribution in [0.4, 0.5) is 56.6 Å². The summed E-state index contributed by atoms with van der Waals surface area (Å²) >= 11 is 6.38. The lowest BCUT2D eigenvalue weighted by atomic mass is 10.0. The highest BCUT2D eigenvalue weighted by Crippen LogP contribution is 2.43. The normalized spacial score (nSPS) is 11.1. The first-order valence-corrected chi connectivity index (χ1v) is 33.3. The van der Waals surface area contributed by atoms with E-state index in [4.69, 9.17) is 54.2 Å². The number of methoxy groups -OCH3 is 6. The Kier molecular flexibility index (Phi) is 28.1. The van der Waals surface area contributed by atoms with E-state index in [2.05, 4.69) is 0 Å². The molecule has 0 radical (unpaired) electrons. The molecule has 0 aliphatic heterocycles. The molecule has 28 heteroatoms. The Balaban J connectivity index is 0.000000228. The van der Waals surface area contributed by atoms with Crippen molar-refractivity contribution in [1.29, 1.82) is 0 Å². The zero-order chi connectivity index (χ0) is 80.7. The summed E-state index contributed by atoms with van der Waals surface area (Å²) in [6, 6.07) is 35.0. The summed E-state index contributed by atoms with van der Waals surface area (Å²) in [5.41, 5.74) is -1.61. The van der Waals surface area contributed by atoms with Gasteiger partial charge in [-0.15, -0.1) is 0 Å². The second-order valence-corrected chi connectivity index (χ2v) is 27.1. The number of benzene rings is 9. The lowest BCUT2D eigenvalue weighted by Crippen LogP contribution is -2.39. The third-order valence-electron chi connectivity index (χ3n) is 15.2. The van der Waals surface area contributed by atoms with E-state index in [9.17, 15) is 68.3 Å². The number of nitrogens with zero attached hydrogens (tertiary/aromatic N) is 3. The Bertz CT molecular complexity index is 4770. The SMILES string of the molecule is COc1cc(-c2cccc(N(CC(=O)OC(C)(C)C)C(=O)c3c(F)cc(F)cc3F)c2)cc(OC)c1OC.COc1ccc(-c2cccc(N(CC(=O)OC(C)(C)C)C(=O)c3c(F)cc(F)cc3F)c2)c(Cl)c1.COc1ccc(-c2cccc(N(CC(=O)OC(C)(C)C)C(=O)c3c(F)cc(F)cc3F)c2)c(OC)c1. The number of anilines is 3. The van der Waals surface area contributed by atoms with Crippen LogP contribution in [0.25, 0.3) is 33.4 Å². The Labute approximate surface area is 628 Å². The highest BCUT2D eigenvalue weighted by Gasteiger charge is 2.34. The smallest absolute Gasteiger partial charge is 0.326 e. The molecule has 0 bridgehead atoms. The Morgan fingerprint density at radius 2 is 0.633 bits per heavy atom.